The van der Waals surface area contributed by atoms with Gasteiger partial charge in [-0.1, -0.05) is 12.1 Å². The smallest absolute Gasteiger partial charge is 0.416 e. The van der Waals surface area contributed by atoms with Crippen LogP contribution >= 0.6 is 0 Å². The van der Waals surface area contributed by atoms with E-state index >= 15 is 0 Å². The van der Waals surface area contributed by atoms with Crippen molar-refractivity contribution >= 4 is 5.97 Å². The average molecular weight is 345 g/mol. The van der Waals surface area contributed by atoms with Gasteiger partial charge < -0.3 is 14.7 Å². The Bertz CT molecular complexity index is 625. The van der Waals surface area contributed by atoms with Crippen LogP contribution in [0.1, 0.15) is 30.5 Å². The molecule has 2 rings (SSSR count). The Morgan fingerprint density at radius 3 is 2.50 bits per heavy atom. The first-order valence-electron chi connectivity index (χ1n) is 7.30. The van der Waals surface area contributed by atoms with Crippen LogP contribution in [0, 0.1) is 0 Å². The average Bonchev–Trinajstić information content (AvgIpc) is 2.96. The highest BCUT2D eigenvalue weighted by atomic mass is 19.4. The molecule has 0 aromatic heterocycles. The van der Waals surface area contributed by atoms with E-state index in [1.54, 1.807) is 6.92 Å². The maximum atomic E-state index is 12.6. The van der Waals surface area contributed by atoms with Crippen LogP contribution < -0.4 is 0 Å². The predicted molar refractivity (Wildman–Crippen MR) is 78.8 cm³/mol. The van der Waals surface area contributed by atoms with Gasteiger partial charge in [-0.25, -0.2) is 4.79 Å². The lowest BCUT2D eigenvalue weighted by Gasteiger charge is -2.24. The van der Waals surface area contributed by atoms with Crippen molar-refractivity contribution in [3.63, 3.8) is 0 Å². The number of benzene rings is 1. The van der Waals surface area contributed by atoms with Gasteiger partial charge in [-0.15, -0.1) is 5.06 Å². The van der Waals surface area contributed by atoms with Crippen molar-refractivity contribution in [2.75, 3.05) is 20.3 Å². The van der Waals surface area contributed by atoms with E-state index in [9.17, 15) is 23.1 Å². The van der Waals surface area contributed by atoms with E-state index in [-0.39, 0.29) is 12.1 Å². The highest BCUT2D eigenvalue weighted by Gasteiger charge is 2.33. The fourth-order valence-electron chi connectivity index (χ4n) is 2.38. The number of carboxylic acids is 1. The molecule has 0 radical (unpaired) electrons. The molecular formula is C16H18F3NO4. The van der Waals surface area contributed by atoms with Crippen LogP contribution in [0.4, 0.5) is 13.2 Å². The van der Waals surface area contributed by atoms with Gasteiger partial charge in [0, 0.05) is 13.5 Å². The summed E-state index contributed by atoms with van der Waals surface area (Å²) < 4.78 is 42.8. The van der Waals surface area contributed by atoms with Gasteiger partial charge >= 0.3 is 12.1 Å². The van der Waals surface area contributed by atoms with Gasteiger partial charge in [0.05, 0.1) is 30.3 Å². The van der Waals surface area contributed by atoms with Gasteiger partial charge in [0.2, 0.25) is 0 Å². The van der Waals surface area contributed by atoms with E-state index < -0.39 is 23.8 Å². The number of carbonyl (C=O) groups is 1. The fraction of sp³-hybridized carbons (Fsp3) is 0.438. The molecule has 1 N–H and O–H groups in total. The molecule has 8 heteroatoms. The van der Waals surface area contributed by atoms with Gasteiger partial charge in [0.25, 0.3) is 0 Å². The monoisotopic (exact) mass is 345 g/mol. The van der Waals surface area contributed by atoms with Crippen LogP contribution in [0.5, 0.6) is 0 Å². The largest absolute Gasteiger partial charge is 0.478 e. The van der Waals surface area contributed by atoms with Crippen molar-refractivity contribution in [1.29, 1.82) is 0 Å². The van der Waals surface area contributed by atoms with E-state index in [4.69, 9.17) is 9.57 Å². The third-order valence-corrected chi connectivity index (χ3v) is 3.82. The molecule has 0 fully saturated rings. The zero-order valence-electron chi connectivity index (χ0n) is 13.3. The van der Waals surface area contributed by atoms with Crippen LogP contribution in [0.25, 0.3) is 0 Å². The molecule has 0 aliphatic carbocycles. The Labute approximate surface area is 137 Å². The molecule has 0 spiro atoms. The Hall–Kier alpha value is -2.06. The Morgan fingerprint density at radius 1 is 1.38 bits per heavy atom. The molecule has 1 aromatic carbocycles. The van der Waals surface area contributed by atoms with Gasteiger partial charge in [-0.2, -0.15) is 13.2 Å². The number of methoxy groups -OCH3 is 1. The van der Waals surface area contributed by atoms with Crippen molar-refractivity contribution in [3.8, 4) is 0 Å². The summed E-state index contributed by atoms with van der Waals surface area (Å²) in [4.78, 5) is 16.9. The number of carboxylic acid groups (broad SMARTS) is 1. The normalized spacial score (nSPS) is 17.0. The number of ether oxygens (including phenoxy) is 1. The van der Waals surface area contributed by atoms with Crippen molar-refractivity contribution in [2.24, 2.45) is 0 Å². The third-order valence-electron chi connectivity index (χ3n) is 3.82. The van der Waals surface area contributed by atoms with Gasteiger partial charge in [-0.3, -0.25) is 0 Å². The second kappa shape index (κ2) is 7.23. The number of aliphatic carboxylic acids is 1. The summed E-state index contributed by atoms with van der Waals surface area (Å²) in [5.74, 6) is -0.772. The molecule has 24 heavy (non-hydrogen) atoms. The van der Waals surface area contributed by atoms with E-state index in [1.807, 2.05) is 0 Å². The molecule has 1 aromatic rings. The molecule has 1 heterocycles. The molecule has 0 saturated heterocycles. The van der Waals surface area contributed by atoms with Crippen molar-refractivity contribution in [2.45, 2.75) is 25.6 Å². The van der Waals surface area contributed by atoms with Crippen molar-refractivity contribution < 1.29 is 32.6 Å². The summed E-state index contributed by atoms with van der Waals surface area (Å²) in [6, 6.07) is 4.33. The molecule has 0 bridgehead atoms. The first-order chi connectivity index (χ1) is 11.2. The number of alkyl halides is 3. The number of hydroxylamine groups is 2. The minimum absolute atomic E-state index is 0.0522. The van der Waals surface area contributed by atoms with Crippen molar-refractivity contribution in [3.05, 3.63) is 46.7 Å². The van der Waals surface area contributed by atoms with Crippen LogP contribution in [-0.2, 0) is 20.5 Å². The summed E-state index contributed by atoms with van der Waals surface area (Å²) in [5, 5.41) is 10.7. The van der Waals surface area contributed by atoms with Gasteiger partial charge in [0.1, 0.15) is 5.76 Å². The van der Waals surface area contributed by atoms with Gasteiger partial charge in [0.15, 0.2) is 0 Å². The maximum absolute atomic E-state index is 12.6. The summed E-state index contributed by atoms with van der Waals surface area (Å²) >= 11 is 0. The molecule has 1 aliphatic heterocycles. The highest BCUT2D eigenvalue weighted by Crippen LogP contribution is 2.33. The van der Waals surface area contributed by atoms with Crippen LogP contribution in [0.2, 0.25) is 0 Å². The minimum atomic E-state index is -4.39. The second-order valence-corrected chi connectivity index (χ2v) is 5.41. The number of halogens is 3. The first-order valence-corrected chi connectivity index (χ1v) is 7.30. The predicted octanol–water partition coefficient (Wildman–Crippen LogP) is 3.39. The fourth-order valence-corrected chi connectivity index (χ4v) is 2.38. The SMILES string of the molecule is COCCC1=C(C(=O)O)CN(C(C)c2ccc(C(F)(F)F)cc2)O1. The zero-order valence-corrected chi connectivity index (χ0v) is 13.3. The lowest BCUT2D eigenvalue weighted by molar-refractivity contribution is -0.138. The lowest BCUT2D eigenvalue weighted by Crippen LogP contribution is -2.24. The summed E-state index contributed by atoms with van der Waals surface area (Å²) in [7, 11) is 1.50. The van der Waals surface area contributed by atoms with E-state index in [1.165, 1.54) is 24.3 Å². The molecule has 132 valence electrons. The molecule has 0 saturated carbocycles. The topological polar surface area (TPSA) is 59.0 Å². The summed E-state index contributed by atoms with van der Waals surface area (Å²) in [6.45, 7) is 2.10. The Kier molecular flexibility index (Phi) is 5.51. The van der Waals surface area contributed by atoms with Crippen LogP contribution in [0.15, 0.2) is 35.6 Å². The zero-order chi connectivity index (χ0) is 17.9. The Balaban J connectivity index is 2.11. The van der Waals surface area contributed by atoms with E-state index in [2.05, 4.69) is 0 Å². The molecule has 0 amide bonds. The quantitative estimate of drug-likeness (QED) is 0.856. The molecule has 1 aliphatic rings. The summed E-state index contributed by atoms with van der Waals surface area (Å²) in [5.41, 5.74) is -0.00235. The minimum Gasteiger partial charge on any atom is -0.478 e. The number of hydrogen-bond donors (Lipinski definition) is 1. The molecule has 1 unspecified atom stereocenters. The lowest BCUT2D eigenvalue weighted by atomic mass is 10.1. The van der Waals surface area contributed by atoms with E-state index in [0.29, 0.717) is 24.4 Å². The first kappa shape index (κ1) is 18.3. The van der Waals surface area contributed by atoms with E-state index in [0.717, 1.165) is 12.1 Å². The Morgan fingerprint density at radius 2 is 2.00 bits per heavy atom. The van der Waals surface area contributed by atoms with Crippen molar-refractivity contribution in [1.82, 2.24) is 5.06 Å². The number of rotatable bonds is 6. The molecular weight excluding hydrogens is 327 g/mol. The standard InChI is InChI=1S/C16H18F3NO4/c1-10(11-3-5-12(6-4-11)16(17,18)19)20-9-13(15(21)22)14(24-20)7-8-23-2/h3-6,10H,7-9H2,1-2H3,(H,21,22). The number of nitrogens with zero attached hydrogens (tertiary/aromatic N) is 1. The van der Waals surface area contributed by atoms with Crippen LogP contribution in [-0.4, -0.2) is 36.4 Å². The highest BCUT2D eigenvalue weighted by molar-refractivity contribution is 5.88. The molecule has 5 nitrogen and oxygen atoms in total. The summed E-state index contributed by atoms with van der Waals surface area (Å²) in [6.07, 6.45) is -4.08. The van der Waals surface area contributed by atoms with Crippen LogP contribution in [0.3, 0.4) is 0 Å². The third kappa shape index (κ3) is 4.07. The second-order valence-electron chi connectivity index (χ2n) is 5.41. The van der Waals surface area contributed by atoms with Gasteiger partial charge in [-0.05, 0) is 24.6 Å². The number of hydrogen-bond acceptors (Lipinski definition) is 4. The molecule has 1 atom stereocenters. The maximum Gasteiger partial charge on any atom is 0.416 e.